The van der Waals surface area contributed by atoms with Gasteiger partial charge in [-0.15, -0.1) is 0 Å². The van der Waals surface area contributed by atoms with Gasteiger partial charge in [0, 0.05) is 22.4 Å². The Hall–Kier alpha value is -4.09. The first-order chi connectivity index (χ1) is 18.1. The minimum Gasteiger partial charge on any atom is -0.454 e. The van der Waals surface area contributed by atoms with Gasteiger partial charge in [-0.05, 0) is 41.8 Å². The third kappa shape index (κ3) is 6.01. The Bertz CT molecular complexity index is 1280. The number of amides is 1. The molecule has 0 aromatic heterocycles. The van der Waals surface area contributed by atoms with Crippen LogP contribution in [0.2, 0.25) is 0 Å². The fraction of sp³-hybridized carbons (Fsp3) is 0.219. The molecule has 5 rings (SSSR count). The highest BCUT2D eigenvalue weighted by molar-refractivity contribution is 5.94. The van der Waals surface area contributed by atoms with Crippen LogP contribution in [0.1, 0.15) is 48.1 Å². The Morgan fingerprint density at radius 2 is 1.32 bits per heavy atom. The Morgan fingerprint density at radius 3 is 1.92 bits per heavy atom. The van der Waals surface area contributed by atoms with E-state index in [1.54, 1.807) is 0 Å². The largest absolute Gasteiger partial charge is 0.454 e. The number of fused-ring (bicyclic) bond motifs is 1. The van der Waals surface area contributed by atoms with Crippen LogP contribution in [-0.2, 0) is 17.9 Å². The van der Waals surface area contributed by atoms with Crippen LogP contribution in [0.5, 0.6) is 11.5 Å². The molecule has 188 valence electrons. The lowest BCUT2D eigenvalue weighted by Crippen LogP contribution is -3.10. The maximum Gasteiger partial charge on any atom is 0.287 e. The quantitative estimate of drug-likeness (QED) is 0.324. The van der Waals surface area contributed by atoms with Crippen molar-refractivity contribution >= 4 is 11.6 Å². The number of benzene rings is 4. The molecule has 4 aromatic rings. The molecule has 1 aliphatic rings. The summed E-state index contributed by atoms with van der Waals surface area (Å²) in [5, 5.41) is 3.19. The lowest BCUT2D eigenvalue weighted by molar-refractivity contribution is -0.948. The summed E-state index contributed by atoms with van der Waals surface area (Å²) in [6, 6.07) is 34.2. The number of hydrogen-bond acceptors (Lipinski definition) is 3. The Labute approximate surface area is 218 Å². The van der Waals surface area contributed by atoms with Crippen LogP contribution >= 0.6 is 0 Å². The van der Waals surface area contributed by atoms with E-state index >= 15 is 0 Å². The van der Waals surface area contributed by atoms with Gasteiger partial charge in [0.25, 0.3) is 5.91 Å². The minimum atomic E-state index is -0.473. The molecular weight excluding hydrogens is 460 g/mol. The smallest absolute Gasteiger partial charge is 0.287 e. The second kappa shape index (κ2) is 11.3. The van der Waals surface area contributed by atoms with Crippen molar-refractivity contribution in [1.82, 2.24) is 0 Å². The van der Waals surface area contributed by atoms with Crippen molar-refractivity contribution in [3.8, 4) is 11.5 Å². The molecule has 0 bridgehead atoms. The van der Waals surface area contributed by atoms with E-state index in [2.05, 4.69) is 55.6 Å². The SMILES string of the molecule is CC(C)c1ccc(NC(=O)C(c2ccc3c(c2)OCO3)[NH+](Cc2ccccc2)Cc2ccccc2)cc1. The molecular formula is C32H33N2O3+. The maximum atomic E-state index is 14.0. The van der Waals surface area contributed by atoms with Crippen molar-refractivity contribution in [3.63, 3.8) is 0 Å². The normalized spacial score (nSPS) is 13.1. The monoisotopic (exact) mass is 493 g/mol. The summed E-state index contributed by atoms with van der Waals surface area (Å²) in [7, 11) is 0. The molecule has 5 heteroatoms. The van der Waals surface area contributed by atoms with E-state index in [1.165, 1.54) is 16.7 Å². The van der Waals surface area contributed by atoms with Gasteiger partial charge in [-0.3, -0.25) is 4.79 Å². The lowest BCUT2D eigenvalue weighted by atomic mass is 10.0. The zero-order valence-corrected chi connectivity index (χ0v) is 21.3. The first-order valence-electron chi connectivity index (χ1n) is 12.8. The van der Waals surface area contributed by atoms with Crippen LogP contribution < -0.4 is 19.7 Å². The number of nitrogens with one attached hydrogen (secondary N) is 2. The lowest BCUT2D eigenvalue weighted by Gasteiger charge is -2.29. The van der Waals surface area contributed by atoms with E-state index < -0.39 is 6.04 Å². The number of carbonyl (C=O) groups is 1. The van der Waals surface area contributed by atoms with Crippen LogP contribution in [0.4, 0.5) is 5.69 Å². The molecule has 0 radical (unpaired) electrons. The molecule has 4 aromatic carbocycles. The number of carbonyl (C=O) groups excluding carboxylic acids is 1. The molecule has 1 heterocycles. The number of quaternary nitrogens is 1. The summed E-state index contributed by atoms with van der Waals surface area (Å²) in [4.78, 5) is 15.2. The summed E-state index contributed by atoms with van der Waals surface area (Å²) in [6.45, 7) is 5.90. The van der Waals surface area contributed by atoms with Crippen LogP contribution in [0.3, 0.4) is 0 Å². The van der Waals surface area contributed by atoms with Gasteiger partial charge in [-0.1, -0.05) is 86.6 Å². The van der Waals surface area contributed by atoms with Crippen LogP contribution in [0, 0.1) is 0 Å². The minimum absolute atomic E-state index is 0.0574. The Kier molecular flexibility index (Phi) is 7.52. The van der Waals surface area contributed by atoms with Gasteiger partial charge in [0.2, 0.25) is 6.79 Å². The highest BCUT2D eigenvalue weighted by Gasteiger charge is 2.33. The average Bonchev–Trinajstić information content (AvgIpc) is 3.38. The predicted octanol–water partition coefficient (Wildman–Crippen LogP) is 5.50. The molecule has 37 heavy (non-hydrogen) atoms. The van der Waals surface area contributed by atoms with E-state index in [9.17, 15) is 4.79 Å². The van der Waals surface area contributed by atoms with Crippen molar-refractivity contribution < 1.29 is 19.2 Å². The average molecular weight is 494 g/mol. The number of rotatable bonds is 9. The molecule has 0 saturated carbocycles. The molecule has 1 unspecified atom stereocenters. The third-order valence-corrected chi connectivity index (χ3v) is 6.79. The summed E-state index contributed by atoms with van der Waals surface area (Å²) < 4.78 is 11.2. The second-order valence-electron chi connectivity index (χ2n) is 9.79. The van der Waals surface area contributed by atoms with Crippen molar-refractivity contribution in [2.24, 2.45) is 0 Å². The second-order valence-corrected chi connectivity index (χ2v) is 9.79. The first kappa shape index (κ1) is 24.6. The molecule has 0 spiro atoms. The number of ether oxygens (including phenoxy) is 2. The van der Waals surface area contributed by atoms with E-state index in [0.717, 1.165) is 16.2 Å². The Balaban J connectivity index is 1.52. The predicted molar refractivity (Wildman–Crippen MR) is 146 cm³/mol. The van der Waals surface area contributed by atoms with Crippen LogP contribution in [0.25, 0.3) is 0 Å². The van der Waals surface area contributed by atoms with Gasteiger partial charge in [0.05, 0.1) is 0 Å². The topological polar surface area (TPSA) is 52.0 Å². The molecule has 5 nitrogen and oxygen atoms in total. The van der Waals surface area contributed by atoms with Crippen LogP contribution in [0.15, 0.2) is 103 Å². The maximum absolute atomic E-state index is 14.0. The number of anilines is 1. The number of hydrogen-bond donors (Lipinski definition) is 2. The molecule has 0 fully saturated rings. The molecule has 2 N–H and O–H groups in total. The highest BCUT2D eigenvalue weighted by Crippen LogP contribution is 2.34. The summed E-state index contributed by atoms with van der Waals surface area (Å²) in [5.41, 5.74) is 5.27. The summed E-state index contributed by atoms with van der Waals surface area (Å²) in [6.07, 6.45) is 0. The molecule has 1 atom stereocenters. The summed E-state index contributed by atoms with van der Waals surface area (Å²) in [5.74, 6) is 1.76. The van der Waals surface area contributed by atoms with Gasteiger partial charge >= 0.3 is 0 Å². The van der Waals surface area contributed by atoms with Gasteiger partial charge < -0.3 is 19.7 Å². The fourth-order valence-electron chi connectivity index (χ4n) is 4.81. The van der Waals surface area contributed by atoms with Gasteiger partial charge in [-0.25, -0.2) is 0 Å². The van der Waals surface area contributed by atoms with E-state index in [4.69, 9.17) is 9.47 Å². The zero-order chi connectivity index (χ0) is 25.6. The van der Waals surface area contributed by atoms with Crippen molar-refractivity contribution in [2.45, 2.75) is 38.9 Å². The molecule has 0 aliphatic carbocycles. The molecule has 1 amide bonds. The van der Waals surface area contributed by atoms with Crippen molar-refractivity contribution in [1.29, 1.82) is 0 Å². The Morgan fingerprint density at radius 1 is 0.757 bits per heavy atom. The van der Waals surface area contributed by atoms with E-state index in [-0.39, 0.29) is 12.7 Å². The molecule has 0 saturated heterocycles. The van der Waals surface area contributed by atoms with Gasteiger partial charge in [0.15, 0.2) is 17.5 Å². The highest BCUT2D eigenvalue weighted by atomic mass is 16.7. The van der Waals surface area contributed by atoms with Gasteiger partial charge in [0.1, 0.15) is 13.1 Å². The fourth-order valence-corrected chi connectivity index (χ4v) is 4.81. The van der Waals surface area contributed by atoms with E-state index in [1.807, 2.05) is 66.7 Å². The first-order valence-corrected chi connectivity index (χ1v) is 12.8. The van der Waals surface area contributed by atoms with Gasteiger partial charge in [-0.2, -0.15) is 0 Å². The van der Waals surface area contributed by atoms with Crippen molar-refractivity contribution in [3.05, 3.63) is 125 Å². The van der Waals surface area contributed by atoms with E-state index in [0.29, 0.717) is 30.5 Å². The van der Waals surface area contributed by atoms with Crippen LogP contribution in [-0.4, -0.2) is 12.7 Å². The van der Waals surface area contributed by atoms with Crippen molar-refractivity contribution in [2.75, 3.05) is 12.1 Å². The summed E-state index contributed by atoms with van der Waals surface area (Å²) >= 11 is 0. The standard InChI is InChI=1S/C32H32N2O3/c1-23(2)26-13-16-28(17-14-26)33-32(35)31(27-15-18-29-30(19-27)37-22-36-29)34(20-24-9-5-3-6-10-24)21-25-11-7-4-8-12-25/h3-19,23,31H,20-22H2,1-2H3,(H,33,35)/p+1. The third-order valence-electron chi connectivity index (χ3n) is 6.79. The zero-order valence-electron chi connectivity index (χ0n) is 21.3. The molecule has 1 aliphatic heterocycles.